The zero-order chi connectivity index (χ0) is 15.5. The maximum atomic E-state index is 12.2. The molecular formula is C14H24N2O4. The summed E-state index contributed by atoms with van der Waals surface area (Å²) in [5.74, 6) is -1.48. The third kappa shape index (κ3) is 4.21. The Morgan fingerprint density at radius 1 is 1.20 bits per heavy atom. The van der Waals surface area contributed by atoms with Crippen molar-refractivity contribution in [1.82, 2.24) is 10.2 Å². The molecule has 0 aliphatic carbocycles. The lowest BCUT2D eigenvalue weighted by Gasteiger charge is -2.32. The van der Waals surface area contributed by atoms with Crippen LogP contribution >= 0.6 is 0 Å². The number of hydrogen-bond acceptors (Lipinski definition) is 3. The first-order valence-corrected chi connectivity index (χ1v) is 6.95. The molecule has 1 unspecified atom stereocenters. The molecule has 0 aromatic carbocycles. The highest BCUT2D eigenvalue weighted by Gasteiger charge is 2.31. The highest BCUT2D eigenvalue weighted by Crippen LogP contribution is 2.18. The van der Waals surface area contributed by atoms with Gasteiger partial charge in [-0.15, -0.1) is 0 Å². The van der Waals surface area contributed by atoms with Crippen molar-refractivity contribution in [2.24, 2.45) is 11.3 Å². The smallest absolute Gasteiger partial charge is 0.306 e. The summed E-state index contributed by atoms with van der Waals surface area (Å²) in [5.41, 5.74) is -0.537. The summed E-state index contributed by atoms with van der Waals surface area (Å²) in [5, 5.41) is 11.6. The number of rotatable bonds is 3. The topological polar surface area (TPSA) is 86.7 Å². The van der Waals surface area contributed by atoms with E-state index >= 15 is 0 Å². The summed E-state index contributed by atoms with van der Waals surface area (Å²) in [6.07, 6.45) is 0.946. The Kier molecular flexibility index (Phi) is 5.14. The second-order valence-corrected chi connectivity index (χ2v) is 6.38. The average molecular weight is 284 g/mol. The van der Waals surface area contributed by atoms with Crippen LogP contribution in [-0.4, -0.2) is 46.9 Å². The van der Waals surface area contributed by atoms with Gasteiger partial charge in [0.2, 0.25) is 11.8 Å². The Morgan fingerprint density at radius 3 is 2.10 bits per heavy atom. The van der Waals surface area contributed by atoms with E-state index in [1.54, 1.807) is 32.6 Å². The van der Waals surface area contributed by atoms with E-state index in [1.807, 2.05) is 0 Å². The molecule has 1 saturated heterocycles. The lowest BCUT2D eigenvalue weighted by Crippen LogP contribution is -2.51. The third-order valence-electron chi connectivity index (χ3n) is 3.56. The molecule has 1 rings (SSSR count). The van der Waals surface area contributed by atoms with E-state index in [2.05, 4.69) is 5.32 Å². The van der Waals surface area contributed by atoms with Gasteiger partial charge in [0.25, 0.3) is 0 Å². The van der Waals surface area contributed by atoms with Crippen LogP contribution in [0.3, 0.4) is 0 Å². The van der Waals surface area contributed by atoms with E-state index in [0.29, 0.717) is 25.9 Å². The largest absolute Gasteiger partial charge is 0.481 e. The van der Waals surface area contributed by atoms with Gasteiger partial charge in [-0.3, -0.25) is 14.4 Å². The highest BCUT2D eigenvalue weighted by atomic mass is 16.4. The third-order valence-corrected chi connectivity index (χ3v) is 3.56. The average Bonchev–Trinajstić information content (AvgIpc) is 2.36. The Labute approximate surface area is 119 Å². The van der Waals surface area contributed by atoms with Gasteiger partial charge in [0.05, 0.1) is 5.92 Å². The first-order valence-electron chi connectivity index (χ1n) is 6.95. The maximum absolute atomic E-state index is 12.2. The van der Waals surface area contributed by atoms with Gasteiger partial charge in [-0.05, 0) is 19.8 Å². The Morgan fingerprint density at radius 2 is 1.70 bits per heavy atom. The summed E-state index contributed by atoms with van der Waals surface area (Å²) < 4.78 is 0. The molecule has 0 saturated carbocycles. The molecule has 6 heteroatoms. The molecule has 1 aliphatic heterocycles. The van der Waals surface area contributed by atoms with E-state index in [4.69, 9.17) is 5.11 Å². The molecule has 1 atom stereocenters. The summed E-state index contributed by atoms with van der Waals surface area (Å²) in [7, 11) is 0. The van der Waals surface area contributed by atoms with Gasteiger partial charge < -0.3 is 15.3 Å². The molecule has 0 spiro atoms. The minimum absolute atomic E-state index is 0.147. The van der Waals surface area contributed by atoms with Crippen LogP contribution in [-0.2, 0) is 14.4 Å². The number of carboxylic acid groups (broad SMARTS) is 1. The van der Waals surface area contributed by atoms with E-state index in [9.17, 15) is 14.4 Å². The van der Waals surface area contributed by atoms with Crippen LogP contribution < -0.4 is 5.32 Å². The fourth-order valence-electron chi connectivity index (χ4n) is 2.10. The van der Waals surface area contributed by atoms with Gasteiger partial charge in [0, 0.05) is 18.5 Å². The Hall–Kier alpha value is -1.59. The molecule has 0 bridgehead atoms. The zero-order valence-electron chi connectivity index (χ0n) is 12.6. The number of likely N-dealkylation sites (tertiary alicyclic amines) is 1. The number of carboxylic acids is 1. The van der Waals surface area contributed by atoms with Crippen LogP contribution in [0.2, 0.25) is 0 Å². The van der Waals surface area contributed by atoms with Crippen molar-refractivity contribution in [3.8, 4) is 0 Å². The maximum Gasteiger partial charge on any atom is 0.306 e. The predicted molar refractivity (Wildman–Crippen MR) is 74.0 cm³/mol. The minimum atomic E-state index is -0.800. The zero-order valence-corrected chi connectivity index (χ0v) is 12.6. The van der Waals surface area contributed by atoms with Gasteiger partial charge in [0.15, 0.2) is 0 Å². The molecule has 1 heterocycles. The van der Waals surface area contributed by atoms with Crippen molar-refractivity contribution in [3.63, 3.8) is 0 Å². The fourth-order valence-corrected chi connectivity index (χ4v) is 2.10. The van der Waals surface area contributed by atoms with Crippen LogP contribution in [0.1, 0.15) is 40.5 Å². The highest BCUT2D eigenvalue weighted by molar-refractivity contribution is 5.89. The van der Waals surface area contributed by atoms with Gasteiger partial charge in [-0.2, -0.15) is 0 Å². The number of nitrogens with one attached hydrogen (secondary N) is 1. The second kappa shape index (κ2) is 6.24. The quantitative estimate of drug-likeness (QED) is 0.804. The summed E-state index contributed by atoms with van der Waals surface area (Å²) in [6.45, 7) is 7.90. The van der Waals surface area contributed by atoms with Crippen LogP contribution in [0.25, 0.3) is 0 Å². The van der Waals surface area contributed by atoms with Crippen LogP contribution in [0.5, 0.6) is 0 Å². The van der Waals surface area contributed by atoms with Crippen molar-refractivity contribution in [2.45, 2.75) is 46.6 Å². The van der Waals surface area contributed by atoms with Crippen LogP contribution in [0, 0.1) is 11.3 Å². The van der Waals surface area contributed by atoms with E-state index in [-0.39, 0.29) is 17.7 Å². The molecular weight excluding hydrogens is 260 g/mol. The molecule has 2 N–H and O–H groups in total. The number of amides is 2. The molecule has 1 aliphatic rings. The molecule has 20 heavy (non-hydrogen) atoms. The number of nitrogens with zero attached hydrogens (tertiary/aromatic N) is 1. The van der Waals surface area contributed by atoms with Crippen molar-refractivity contribution < 1.29 is 19.5 Å². The van der Waals surface area contributed by atoms with Gasteiger partial charge in [0.1, 0.15) is 6.04 Å². The predicted octanol–water partition coefficient (Wildman–Crippen LogP) is 0.860. The van der Waals surface area contributed by atoms with E-state index < -0.39 is 17.4 Å². The summed E-state index contributed by atoms with van der Waals surface area (Å²) >= 11 is 0. The van der Waals surface area contributed by atoms with Crippen LogP contribution in [0.15, 0.2) is 0 Å². The molecule has 0 radical (unpaired) electrons. The molecule has 0 aromatic rings. The molecule has 114 valence electrons. The van der Waals surface area contributed by atoms with E-state index in [0.717, 1.165) is 0 Å². The first kappa shape index (κ1) is 16.5. The lowest BCUT2D eigenvalue weighted by molar-refractivity contribution is -0.146. The van der Waals surface area contributed by atoms with Gasteiger partial charge >= 0.3 is 5.97 Å². The molecule has 0 aromatic heterocycles. The normalized spacial score (nSPS) is 18.5. The van der Waals surface area contributed by atoms with Crippen molar-refractivity contribution in [2.75, 3.05) is 13.1 Å². The molecule has 2 amide bonds. The van der Waals surface area contributed by atoms with Gasteiger partial charge in [-0.1, -0.05) is 20.8 Å². The van der Waals surface area contributed by atoms with Crippen LogP contribution in [0.4, 0.5) is 0 Å². The molecule has 1 fully saturated rings. The number of carbonyl (C=O) groups is 3. The standard InChI is InChI=1S/C14H24N2O4/c1-9(15-13(20)14(2,3)4)11(17)16-7-5-10(6-8-16)12(18)19/h9-10H,5-8H2,1-4H3,(H,15,20)(H,18,19). The number of piperidine rings is 1. The first-order chi connectivity index (χ1) is 9.12. The fraction of sp³-hybridized carbons (Fsp3) is 0.786. The lowest BCUT2D eigenvalue weighted by atomic mass is 9.95. The summed E-state index contributed by atoms with van der Waals surface area (Å²) in [6, 6.07) is -0.580. The minimum Gasteiger partial charge on any atom is -0.481 e. The monoisotopic (exact) mass is 284 g/mol. The van der Waals surface area contributed by atoms with Gasteiger partial charge in [-0.25, -0.2) is 0 Å². The number of carbonyl (C=O) groups excluding carboxylic acids is 2. The summed E-state index contributed by atoms with van der Waals surface area (Å²) in [4.78, 5) is 36.5. The number of hydrogen-bond donors (Lipinski definition) is 2. The molecule has 6 nitrogen and oxygen atoms in total. The Balaban J connectivity index is 2.51. The Bertz CT molecular complexity index is 392. The van der Waals surface area contributed by atoms with Crippen molar-refractivity contribution in [3.05, 3.63) is 0 Å². The SMILES string of the molecule is CC(NC(=O)C(C)(C)C)C(=O)N1CCC(C(=O)O)CC1. The van der Waals surface area contributed by atoms with Crippen molar-refractivity contribution in [1.29, 1.82) is 0 Å². The second-order valence-electron chi connectivity index (χ2n) is 6.38. The van der Waals surface area contributed by atoms with E-state index in [1.165, 1.54) is 0 Å². The number of aliphatic carboxylic acids is 1. The van der Waals surface area contributed by atoms with Crippen molar-refractivity contribution >= 4 is 17.8 Å².